The number of benzene rings is 6. The van der Waals surface area contributed by atoms with E-state index in [0.29, 0.717) is 0 Å². The van der Waals surface area contributed by atoms with Crippen molar-refractivity contribution < 1.29 is 14.4 Å². The summed E-state index contributed by atoms with van der Waals surface area (Å²) in [5.74, 6) is 0. The van der Waals surface area contributed by atoms with Crippen LogP contribution in [-0.4, -0.2) is 19.5 Å². The summed E-state index contributed by atoms with van der Waals surface area (Å²) in [6.45, 7) is 6.14. The van der Waals surface area contributed by atoms with Crippen molar-refractivity contribution in [3.05, 3.63) is 182 Å². The first-order valence-electron chi connectivity index (χ1n) is 15.3. The third kappa shape index (κ3) is 8.98. The predicted molar refractivity (Wildman–Crippen MR) is 200 cm³/mol. The molecule has 0 aliphatic heterocycles. The molecule has 0 unspecified atom stereocenters. The van der Waals surface area contributed by atoms with Crippen molar-refractivity contribution in [2.45, 2.75) is 6.92 Å². The van der Waals surface area contributed by atoms with Crippen molar-refractivity contribution in [2.75, 3.05) is 19.5 Å². The summed E-state index contributed by atoms with van der Waals surface area (Å²) in [5, 5.41) is 8.57. The van der Waals surface area contributed by atoms with E-state index in [1.165, 1.54) is 38.8 Å². The van der Waals surface area contributed by atoms with Gasteiger partial charge in [0.25, 0.3) is 0 Å². The van der Waals surface area contributed by atoms with Crippen molar-refractivity contribution in [3.63, 3.8) is 0 Å². The predicted octanol–water partition coefficient (Wildman–Crippen LogP) is 6.14. The van der Waals surface area contributed by atoms with Gasteiger partial charge in [-0.15, -0.1) is 0 Å². The second kappa shape index (κ2) is 16.8. The van der Waals surface area contributed by atoms with Gasteiger partial charge in [0.1, 0.15) is 46.4 Å². The van der Waals surface area contributed by atoms with Gasteiger partial charge in [0.2, 0.25) is 0 Å². The molecule has 6 aromatic carbocycles. The van der Waals surface area contributed by atoms with Crippen molar-refractivity contribution in [1.82, 2.24) is 0 Å². The van der Waals surface area contributed by atoms with E-state index in [-0.39, 0.29) is 6.16 Å². The first-order valence-corrected chi connectivity index (χ1v) is 21.5. The maximum atomic E-state index is 9.47. The summed E-state index contributed by atoms with van der Waals surface area (Å²) in [5.41, 5.74) is 0. The lowest BCUT2D eigenvalue weighted by atomic mass is 10.4. The van der Waals surface area contributed by atoms with Gasteiger partial charge < -0.3 is 14.4 Å². The van der Waals surface area contributed by atoms with Gasteiger partial charge in [-0.3, -0.25) is 0 Å². The molecule has 0 heterocycles. The van der Waals surface area contributed by atoms with E-state index in [9.17, 15) is 14.4 Å². The highest BCUT2D eigenvalue weighted by molar-refractivity contribution is 7.95. The molecule has 6 aromatic rings. The zero-order valence-electron chi connectivity index (χ0n) is 26.6. The highest BCUT2D eigenvalue weighted by atomic mass is 31.2. The van der Waals surface area contributed by atoms with Gasteiger partial charge in [0.15, 0.2) is 0 Å². The van der Waals surface area contributed by atoms with E-state index in [2.05, 4.69) is 195 Å². The van der Waals surface area contributed by atoms with Crippen LogP contribution in [0.3, 0.4) is 0 Å². The third-order valence-corrected chi connectivity index (χ3v) is 16.8. The molecule has 0 atom stereocenters. The molecule has 6 rings (SSSR count). The normalized spacial score (nSPS) is 11.3. The molecule has 0 saturated carbocycles. The first kappa shape index (κ1) is 35.2. The maximum Gasteiger partial charge on any atom is 0.109 e. The van der Waals surface area contributed by atoms with E-state index in [4.69, 9.17) is 0 Å². The summed E-state index contributed by atoms with van der Waals surface area (Å²) in [4.78, 5) is 18.9. The van der Waals surface area contributed by atoms with Crippen LogP contribution in [0, 0.1) is 0 Å². The molecule has 0 saturated heterocycles. The summed E-state index contributed by atoms with van der Waals surface area (Å²) < 4.78 is 9.47. The lowest BCUT2D eigenvalue weighted by molar-refractivity contribution is -0.313. The molecule has 0 radical (unpaired) electrons. The van der Waals surface area contributed by atoms with E-state index in [0.717, 1.165) is 0 Å². The quantitative estimate of drug-likeness (QED) is 0.193. The summed E-state index contributed by atoms with van der Waals surface area (Å²) >= 11 is 0. The van der Waals surface area contributed by atoms with Crippen molar-refractivity contribution in [1.29, 1.82) is 0 Å². The molecule has 234 valence electrons. The molecule has 0 aliphatic rings. The summed E-state index contributed by atoms with van der Waals surface area (Å²) in [6.07, 6.45) is -0.285. The molecular weight excluding hydrogens is 621 g/mol. The Morgan fingerprint density at radius 1 is 0.391 bits per heavy atom. The van der Waals surface area contributed by atoms with Crippen LogP contribution in [0.5, 0.6) is 0 Å². The van der Waals surface area contributed by atoms with Crippen molar-refractivity contribution in [2.24, 2.45) is 0 Å². The molecule has 0 spiro atoms. The van der Waals surface area contributed by atoms with Crippen LogP contribution < -0.4 is 41.6 Å². The smallest absolute Gasteiger partial charge is 0.109 e. The second-order valence-electron chi connectivity index (χ2n) is 11.0. The molecule has 0 aliphatic carbocycles. The average Bonchev–Trinajstić information content (AvgIpc) is 3.13. The molecule has 3 nitrogen and oxygen atoms in total. The van der Waals surface area contributed by atoms with Crippen molar-refractivity contribution >= 4 is 53.9 Å². The minimum Gasteiger partial charge on any atom is -0.811 e. The molecule has 6 heteroatoms. The summed E-state index contributed by atoms with van der Waals surface area (Å²) in [7, 11) is -7.20. The van der Waals surface area contributed by atoms with Gasteiger partial charge in [0, 0.05) is 0 Å². The molecule has 46 heavy (non-hydrogen) atoms. The third-order valence-electron chi connectivity index (χ3n) is 8.02. The Morgan fingerprint density at radius 2 is 0.522 bits per heavy atom. The highest BCUT2D eigenvalue weighted by Gasteiger charge is 2.40. The lowest BCUT2D eigenvalue weighted by Crippen LogP contribution is -2.30. The van der Waals surface area contributed by atoms with Gasteiger partial charge >= 0.3 is 0 Å². The zero-order valence-corrected chi connectivity index (χ0v) is 29.3. The number of hydrogen-bond donors (Lipinski definition) is 0. The van der Waals surface area contributed by atoms with Gasteiger partial charge in [-0.05, 0) is 79.0 Å². The second-order valence-corrected chi connectivity index (χ2v) is 19.9. The maximum absolute atomic E-state index is 9.47. The Balaban J connectivity index is 0.000000178. The van der Waals surface area contributed by atoms with Crippen LogP contribution in [-0.2, 0) is 4.57 Å². The van der Waals surface area contributed by atoms with Crippen molar-refractivity contribution in [3.8, 4) is 0 Å². The Hall–Kier alpha value is -3.67. The van der Waals surface area contributed by atoms with Gasteiger partial charge in [-0.25, -0.2) is 0 Å². The fraction of sp³-hybridized carbons (Fsp3) is 0.100. The minimum atomic E-state index is -4.15. The van der Waals surface area contributed by atoms with Crippen LogP contribution in [0.25, 0.3) is 0 Å². The standard InChI is InChI=1S/2C19H18P.C2H7O3P/c2*1-20(17-11-5-2-6-12-17,18-13-7-3-8-14-18)19-15-9-4-10-16-19;1-2-6(3,4)5/h2*2-16H,1H3;2H2,1H3,(H2,3,4,5)/q2*+1;/p-2. The molecular formula is C40H41O3P3. The molecule has 0 N–H and O–H groups in total. The van der Waals surface area contributed by atoms with E-state index >= 15 is 0 Å². The SMILES string of the molecule is CCP(=O)([O-])[O-].C[P+](c1ccccc1)(c1ccccc1)c1ccccc1.C[P+](c1ccccc1)(c1ccccc1)c1ccccc1. The Morgan fingerprint density at radius 3 is 0.630 bits per heavy atom. The highest BCUT2D eigenvalue weighted by Crippen LogP contribution is 2.52. The number of rotatable bonds is 7. The van der Waals surface area contributed by atoms with Gasteiger partial charge in [-0.2, -0.15) is 0 Å². The summed E-state index contributed by atoms with van der Waals surface area (Å²) in [6, 6.07) is 65.3. The molecule has 0 aromatic heterocycles. The topological polar surface area (TPSA) is 63.2 Å². The molecule has 0 amide bonds. The minimum absolute atomic E-state index is 0.285. The first-order chi connectivity index (χ1) is 22.2. The Labute approximate surface area is 275 Å². The van der Waals surface area contributed by atoms with Gasteiger partial charge in [-0.1, -0.05) is 124 Å². The van der Waals surface area contributed by atoms with Gasteiger partial charge in [0.05, 0.1) is 13.3 Å². The Kier molecular flexibility index (Phi) is 12.8. The monoisotopic (exact) mass is 662 g/mol. The van der Waals surface area contributed by atoms with Crippen LogP contribution in [0.15, 0.2) is 182 Å². The average molecular weight is 663 g/mol. The van der Waals surface area contributed by atoms with Crippen LogP contribution in [0.4, 0.5) is 0 Å². The zero-order chi connectivity index (χ0) is 32.9. The fourth-order valence-electron chi connectivity index (χ4n) is 5.25. The van der Waals surface area contributed by atoms with E-state index in [1.54, 1.807) is 0 Å². The van der Waals surface area contributed by atoms with Crippen LogP contribution in [0.2, 0.25) is 0 Å². The molecule has 0 bridgehead atoms. The number of hydrogen-bond acceptors (Lipinski definition) is 3. The lowest BCUT2D eigenvalue weighted by Gasteiger charge is -2.26. The van der Waals surface area contributed by atoms with Crippen LogP contribution >= 0.6 is 22.1 Å². The van der Waals surface area contributed by atoms with E-state index < -0.39 is 22.1 Å². The fourth-order valence-corrected chi connectivity index (χ4v) is 11.7. The largest absolute Gasteiger partial charge is 0.811 e. The molecule has 0 fully saturated rings. The van der Waals surface area contributed by atoms with Crippen LogP contribution in [0.1, 0.15) is 6.92 Å². The Bertz CT molecular complexity index is 1450. The van der Waals surface area contributed by atoms with E-state index in [1.807, 2.05) is 0 Å².